The Morgan fingerprint density at radius 3 is 2.65 bits per heavy atom. The van der Waals surface area contributed by atoms with Gasteiger partial charge in [-0.3, -0.25) is 4.79 Å². The van der Waals surface area contributed by atoms with Gasteiger partial charge in [0.15, 0.2) is 0 Å². The molecule has 17 heavy (non-hydrogen) atoms. The lowest BCUT2D eigenvalue weighted by Gasteiger charge is -2.03. The van der Waals surface area contributed by atoms with Crippen molar-refractivity contribution in [2.24, 2.45) is 10.3 Å². The van der Waals surface area contributed by atoms with Gasteiger partial charge in [-0.1, -0.05) is 5.16 Å². The molecule has 0 saturated heterocycles. The number of oxime groups is 1. The van der Waals surface area contributed by atoms with Gasteiger partial charge in [0, 0.05) is 0 Å². The number of rotatable bonds is 5. The molecule has 0 heterocycles. The summed E-state index contributed by atoms with van der Waals surface area (Å²) < 4.78 is 4.59. The number of nitrogens with one attached hydrogen (secondary N) is 1. The smallest absolute Gasteiger partial charge is 0.362 e. The van der Waals surface area contributed by atoms with Crippen LogP contribution in [0.25, 0.3) is 0 Å². The summed E-state index contributed by atoms with van der Waals surface area (Å²) in [7, 11) is 0. The molecule has 1 amide bonds. The van der Waals surface area contributed by atoms with Crippen molar-refractivity contribution in [3.05, 3.63) is 0 Å². The van der Waals surface area contributed by atoms with E-state index in [-0.39, 0.29) is 18.7 Å². The molecule has 0 bridgehead atoms. The first kappa shape index (κ1) is 14.6. The molecule has 8 nitrogen and oxygen atoms in total. The Balaban J connectivity index is 4.61. The van der Waals surface area contributed by atoms with Crippen molar-refractivity contribution in [1.82, 2.24) is 5.43 Å². The van der Waals surface area contributed by atoms with Gasteiger partial charge in [0.05, 0.1) is 18.4 Å². The van der Waals surface area contributed by atoms with Gasteiger partial charge in [-0.05, 0) is 13.8 Å². The largest absolute Gasteiger partial charge is 0.461 e. The average molecular weight is 240 g/mol. The zero-order valence-corrected chi connectivity index (χ0v) is 9.43. The minimum Gasteiger partial charge on any atom is -0.461 e. The van der Waals surface area contributed by atoms with Crippen LogP contribution in [0.15, 0.2) is 10.3 Å². The first-order chi connectivity index (χ1) is 8.06. The molecule has 0 aromatic carbocycles. The summed E-state index contributed by atoms with van der Waals surface area (Å²) in [5.74, 6) is -1.49. The monoisotopic (exact) mass is 240 g/mol. The molecule has 92 valence electrons. The van der Waals surface area contributed by atoms with E-state index < -0.39 is 17.6 Å². The number of nitrogens with zero attached hydrogens (tertiary/aromatic N) is 3. The molecule has 0 aliphatic carbocycles. The molecule has 0 radical (unpaired) electrons. The Hall–Kier alpha value is -2.43. The fraction of sp³-hybridized carbons (Fsp3) is 0.444. The van der Waals surface area contributed by atoms with E-state index >= 15 is 0 Å². The van der Waals surface area contributed by atoms with E-state index in [1.807, 2.05) is 5.43 Å². The van der Waals surface area contributed by atoms with Crippen LogP contribution in [0.3, 0.4) is 0 Å². The number of amides is 1. The number of hydrazone groups is 1. The van der Waals surface area contributed by atoms with Crippen molar-refractivity contribution in [2.45, 2.75) is 20.3 Å². The van der Waals surface area contributed by atoms with Gasteiger partial charge in [-0.25, -0.2) is 10.2 Å². The lowest BCUT2D eigenvalue weighted by atomic mass is 10.2. The fourth-order valence-electron chi connectivity index (χ4n) is 0.771. The highest BCUT2D eigenvalue weighted by Crippen LogP contribution is 1.89. The normalized spacial score (nSPS) is 11.6. The molecule has 0 saturated carbocycles. The number of esters is 1. The highest BCUT2D eigenvalue weighted by atomic mass is 16.5. The SMILES string of the molecule is CCOC(=O)C(=N/O)/C(C)=N\NC(=O)CC#N. The Labute approximate surface area is 97.5 Å². The van der Waals surface area contributed by atoms with Crippen molar-refractivity contribution in [3.8, 4) is 6.07 Å². The molecule has 2 N–H and O–H groups in total. The van der Waals surface area contributed by atoms with Crippen molar-refractivity contribution >= 4 is 23.3 Å². The molecule has 0 fully saturated rings. The average Bonchev–Trinajstić information content (AvgIpc) is 2.28. The van der Waals surface area contributed by atoms with Gasteiger partial charge in [-0.2, -0.15) is 10.4 Å². The van der Waals surface area contributed by atoms with E-state index in [9.17, 15) is 9.59 Å². The summed E-state index contributed by atoms with van der Waals surface area (Å²) in [4.78, 5) is 22.1. The van der Waals surface area contributed by atoms with Gasteiger partial charge in [-0.15, -0.1) is 0 Å². The van der Waals surface area contributed by atoms with Crippen LogP contribution in [-0.2, 0) is 14.3 Å². The van der Waals surface area contributed by atoms with E-state index in [4.69, 9.17) is 10.5 Å². The van der Waals surface area contributed by atoms with Crippen LogP contribution in [-0.4, -0.2) is 35.1 Å². The molecule has 0 aromatic rings. The van der Waals surface area contributed by atoms with E-state index in [0.717, 1.165) is 0 Å². The molecule has 0 unspecified atom stereocenters. The molecule has 0 aliphatic heterocycles. The van der Waals surface area contributed by atoms with E-state index in [1.54, 1.807) is 13.0 Å². The predicted octanol–water partition coefficient (Wildman–Crippen LogP) is -0.215. The van der Waals surface area contributed by atoms with Crippen LogP contribution < -0.4 is 5.43 Å². The molecule has 0 spiro atoms. The van der Waals surface area contributed by atoms with Gasteiger partial charge in [0.2, 0.25) is 5.71 Å². The minimum atomic E-state index is -0.856. The summed E-state index contributed by atoms with van der Waals surface area (Å²) in [6.07, 6.45) is -0.359. The van der Waals surface area contributed by atoms with Crippen LogP contribution in [0.2, 0.25) is 0 Å². The van der Waals surface area contributed by atoms with Crippen molar-refractivity contribution in [3.63, 3.8) is 0 Å². The fourth-order valence-corrected chi connectivity index (χ4v) is 0.771. The lowest BCUT2D eigenvalue weighted by molar-refractivity contribution is -0.135. The topological polar surface area (TPSA) is 124 Å². The quantitative estimate of drug-likeness (QED) is 0.297. The number of carbonyl (C=O) groups excluding carboxylic acids is 2. The molecule has 8 heteroatoms. The van der Waals surface area contributed by atoms with Gasteiger partial charge in [0.25, 0.3) is 5.91 Å². The highest BCUT2D eigenvalue weighted by Gasteiger charge is 2.17. The Kier molecular flexibility index (Phi) is 6.69. The Morgan fingerprint density at radius 1 is 1.53 bits per heavy atom. The van der Waals surface area contributed by atoms with E-state index in [2.05, 4.69) is 15.0 Å². The third-order valence-corrected chi connectivity index (χ3v) is 1.50. The van der Waals surface area contributed by atoms with E-state index in [0.29, 0.717) is 0 Å². The second-order valence-electron chi connectivity index (χ2n) is 2.74. The van der Waals surface area contributed by atoms with Crippen LogP contribution in [0.4, 0.5) is 0 Å². The van der Waals surface area contributed by atoms with Gasteiger partial charge < -0.3 is 9.94 Å². The molecular weight excluding hydrogens is 228 g/mol. The zero-order chi connectivity index (χ0) is 13.3. The maximum Gasteiger partial charge on any atom is 0.362 e. The van der Waals surface area contributed by atoms with Crippen LogP contribution in [0.1, 0.15) is 20.3 Å². The number of ether oxygens (including phenoxy) is 1. The molecular formula is C9H12N4O4. The third kappa shape index (κ3) is 5.27. The second-order valence-corrected chi connectivity index (χ2v) is 2.74. The third-order valence-electron chi connectivity index (χ3n) is 1.50. The van der Waals surface area contributed by atoms with Gasteiger partial charge >= 0.3 is 5.97 Å². The zero-order valence-electron chi connectivity index (χ0n) is 9.43. The minimum absolute atomic E-state index is 0.0303. The number of carbonyl (C=O) groups is 2. The van der Waals surface area contributed by atoms with Crippen LogP contribution in [0, 0.1) is 11.3 Å². The molecule has 0 aliphatic rings. The number of hydrogen-bond donors (Lipinski definition) is 2. The summed E-state index contributed by atoms with van der Waals surface area (Å²) >= 11 is 0. The Morgan fingerprint density at radius 2 is 2.18 bits per heavy atom. The first-order valence-electron chi connectivity index (χ1n) is 4.66. The highest BCUT2D eigenvalue weighted by molar-refractivity contribution is 6.65. The number of nitriles is 1. The van der Waals surface area contributed by atoms with Gasteiger partial charge in [0.1, 0.15) is 6.42 Å². The summed E-state index contributed by atoms with van der Waals surface area (Å²) in [6.45, 7) is 3.05. The Bertz CT molecular complexity index is 394. The predicted molar refractivity (Wildman–Crippen MR) is 57.3 cm³/mol. The van der Waals surface area contributed by atoms with Crippen molar-refractivity contribution in [1.29, 1.82) is 5.26 Å². The molecule has 0 atom stereocenters. The van der Waals surface area contributed by atoms with Crippen molar-refractivity contribution < 1.29 is 19.5 Å². The van der Waals surface area contributed by atoms with Crippen LogP contribution >= 0.6 is 0 Å². The number of hydrogen-bond acceptors (Lipinski definition) is 7. The summed E-state index contributed by atoms with van der Waals surface area (Å²) in [5, 5.41) is 23.0. The summed E-state index contributed by atoms with van der Waals surface area (Å²) in [5.41, 5.74) is 1.58. The lowest BCUT2D eigenvalue weighted by Crippen LogP contribution is -2.28. The second kappa shape index (κ2) is 7.81. The molecule has 0 rings (SSSR count). The van der Waals surface area contributed by atoms with Crippen LogP contribution in [0.5, 0.6) is 0 Å². The first-order valence-corrected chi connectivity index (χ1v) is 4.66. The maximum absolute atomic E-state index is 11.2. The molecule has 0 aromatic heterocycles. The maximum atomic E-state index is 11.2. The van der Waals surface area contributed by atoms with E-state index in [1.165, 1.54) is 6.92 Å². The summed E-state index contributed by atoms with van der Waals surface area (Å²) in [6, 6.07) is 1.62. The standard InChI is InChI=1S/C9H12N4O4/c1-3-17-9(15)8(13-16)6(2)11-12-7(14)4-5-10/h16H,3-4H2,1-2H3,(H,12,14)/b11-6-,13-8+. The van der Waals surface area contributed by atoms with Crippen molar-refractivity contribution in [2.75, 3.05) is 6.61 Å².